The zero-order chi connectivity index (χ0) is 16.8. The van der Waals surface area contributed by atoms with Crippen molar-refractivity contribution < 1.29 is 9.59 Å². The number of carbonyl (C=O) groups excluding carboxylic acids is 2. The first kappa shape index (κ1) is 19.7. The number of aldehydes is 1. The van der Waals surface area contributed by atoms with Gasteiger partial charge in [0.1, 0.15) is 0 Å². The monoisotopic (exact) mass is 319 g/mol. The number of hydrogen-bond acceptors (Lipinski definition) is 2. The number of rotatable bonds is 15. The van der Waals surface area contributed by atoms with E-state index in [4.69, 9.17) is 0 Å². The number of carbonyl (C=O) groups is 2. The third-order valence-electron chi connectivity index (χ3n) is 4.44. The van der Waals surface area contributed by atoms with Gasteiger partial charge in [-0.15, -0.1) is 0 Å². The molecule has 3 nitrogen and oxygen atoms in total. The van der Waals surface area contributed by atoms with Crippen LogP contribution >= 0.6 is 0 Å². The smallest absolute Gasteiger partial charge is 0.241 e. The molecule has 130 valence electrons. The van der Waals surface area contributed by atoms with Gasteiger partial charge in [0.2, 0.25) is 5.78 Å². The van der Waals surface area contributed by atoms with Crippen LogP contribution in [0.1, 0.15) is 94.5 Å². The molecule has 0 spiro atoms. The van der Waals surface area contributed by atoms with Gasteiger partial charge in [0.05, 0.1) is 5.69 Å². The Morgan fingerprint density at radius 3 is 1.96 bits per heavy atom. The van der Waals surface area contributed by atoms with E-state index in [0.29, 0.717) is 12.0 Å². The highest BCUT2D eigenvalue weighted by molar-refractivity contribution is 6.32. The van der Waals surface area contributed by atoms with Gasteiger partial charge in [-0.25, -0.2) is 0 Å². The molecule has 0 amide bonds. The second kappa shape index (κ2) is 13.1. The molecule has 1 aromatic rings. The molecule has 0 saturated carbocycles. The lowest BCUT2D eigenvalue weighted by Gasteiger charge is -2.06. The number of Topliss-reactive ketones (excluding diaryl/α,β-unsaturated/α-hetero) is 1. The number of nitrogens with zero attached hydrogens (tertiary/aromatic N) is 1. The molecule has 23 heavy (non-hydrogen) atoms. The van der Waals surface area contributed by atoms with E-state index < -0.39 is 5.78 Å². The summed E-state index contributed by atoms with van der Waals surface area (Å²) < 4.78 is 1.90. The summed E-state index contributed by atoms with van der Waals surface area (Å²) in [5.41, 5.74) is 0.517. The minimum atomic E-state index is -0.422. The number of unbranched alkanes of at least 4 members (excludes halogenated alkanes) is 11. The molecule has 1 rings (SSSR count). The first-order chi connectivity index (χ1) is 11.3. The lowest BCUT2D eigenvalue weighted by Crippen LogP contribution is -2.09. The molecule has 0 aliphatic rings. The normalized spacial score (nSPS) is 10.8. The average Bonchev–Trinajstić information content (AvgIpc) is 3.03. The first-order valence-electron chi connectivity index (χ1n) is 9.44. The van der Waals surface area contributed by atoms with Crippen LogP contribution < -0.4 is 0 Å². The predicted molar refractivity (Wildman–Crippen MR) is 95.9 cm³/mol. The zero-order valence-corrected chi connectivity index (χ0v) is 14.8. The zero-order valence-electron chi connectivity index (χ0n) is 14.8. The highest BCUT2D eigenvalue weighted by Crippen LogP contribution is 2.12. The maximum Gasteiger partial charge on any atom is 0.241 e. The lowest BCUT2D eigenvalue weighted by atomic mass is 10.1. The Morgan fingerprint density at radius 2 is 1.43 bits per heavy atom. The predicted octanol–water partition coefficient (Wildman–Crippen LogP) is 5.57. The molecule has 0 fully saturated rings. The molecule has 0 saturated heterocycles. The summed E-state index contributed by atoms with van der Waals surface area (Å²) in [6.07, 6.45) is 18.2. The van der Waals surface area contributed by atoms with Crippen LogP contribution in [-0.4, -0.2) is 16.6 Å². The number of hydrogen-bond donors (Lipinski definition) is 0. The lowest BCUT2D eigenvalue weighted by molar-refractivity contribution is -0.104. The standard InChI is InChI=1S/C20H33NO2/c1-2-3-4-5-6-7-8-9-10-11-12-13-16-21-17-14-15-19(21)20(23)18-22/h14-15,17-18H,2-13,16H2,1H3. The van der Waals surface area contributed by atoms with Gasteiger partial charge in [-0.05, 0) is 18.6 Å². The van der Waals surface area contributed by atoms with Crippen molar-refractivity contribution in [3.63, 3.8) is 0 Å². The van der Waals surface area contributed by atoms with Gasteiger partial charge in [-0.2, -0.15) is 0 Å². The van der Waals surface area contributed by atoms with E-state index in [9.17, 15) is 9.59 Å². The molecule has 0 unspecified atom stereocenters. The quantitative estimate of drug-likeness (QED) is 0.183. The Bertz CT molecular complexity index is 437. The van der Waals surface area contributed by atoms with Gasteiger partial charge in [-0.3, -0.25) is 9.59 Å². The number of ketones is 1. The molecule has 0 atom stereocenters. The summed E-state index contributed by atoms with van der Waals surface area (Å²) in [6, 6.07) is 3.55. The van der Waals surface area contributed by atoms with Crippen LogP contribution in [-0.2, 0) is 11.3 Å². The first-order valence-corrected chi connectivity index (χ1v) is 9.44. The van der Waals surface area contributed by atoms with Gasteiger partial charge < -0.3 is 4.57 Å². The maximum absolute atomic E-state index is 11.4. The van der Waals surface area contributed by atoms with E-state index in [-0.39, 0.29) is 0 Å². The van der Waals surface area contributed by atoms with Crippen molar-refractivity contribution in [3.05, 3.63) is 24.0 Å². The van der Waals surface area contributed by atoms with Crippen LogP contribution in [0.15, 0.2) is 18.3 Å². The van der Waals surface area contributed by atoms with Crippen LogP contribution in [0.4, 0.5) is 0 Å². The van der Waals surface area contributed by atoms with Crippen molar-refractivity contribution in [1.29, 1.82) is 0 Å². The summed E-state index contributed by atoms with van der Waals surface area (Å²) in [7, 11) is 0. The fraction of sp³-hybridized carbons (Fsp3) is 0.700. The Morgan fingerprint density at radius 1 is 0.913 bits per heavy atom. The van der Waals surface area contributed by atoms with E-state index in [1.54, 1.807) is 6.07 Å². The van der Waals surface area contributed by atoms with E-state index >= 15 is 0 Å². The number of aryl methyl sites for hydroxylation is 1. The molecule has 0 aromatic carbocycles. The summed E-state index contributed by atoms with van der Waals surface area (Å²) in [4.78, 5) is 22.0. The van der Waals surface area contributed by atoms with E-state index in [1.807, 2.05) is 16.8 Å². The summed E-state index contributed by atoms with van der Waals surface area (Å²) in [5, 5.41) is 0. The molecule has 0 aliphatic carbocycles. The fourth-order valence-corrected chi connectivity index (χ4v) is 3.02. The van der Waals surface area contributed by atoms with Gasteiger partial charge in [0.15, 0.2) is 6.29 Å². The largest absolute Gasteiger partial charge is 0.345 e. The van der Waals surface area contributed by atoms with Gasteiger partial charge in [0.25, 0.3) is 0 Å². The van der Waals surface area contributed by atoms with Crippen molar-refractivity contribution >= 4 is 12.1 Å². The van der Waals surface area contributed by atoms with Crippen molar-refractivity contribution in [2.24, 2.45) is 0 Å². The van der Waals surface area contributed by atoms with E-state index in [1.165, 1.54) is 70.6 Å². The van der Waals surface area contributed by atoms with Crippen LogP contribution in [0.25, 0.3) is 0 Å². The molecule has 1 aromatic heterocycles. The maximum atomic E-state index is 11.4. The second-order valence-electron chi connectivity index (χ2n) is 6.46. The Kier molecular flexibility index (Phi) is 11.2. The Labute approximate surface area is 141 Å². The van der Waals surface area contributed by atoms with E-state index in [0.717, 1.165) is 13.0 Å². The van der Waals surface area contributed by atoms with Crippen molar-refractivity contribution in [1.82, 2.24) is 4.57 Å². The SMILES string of the molecule is CCCCCCCCCCCCCCn1cccc1C(=O)C=O. The Hall–Kier alpha value is -1.38. The van der Waals surface area contributed by atoms with Gasteiger partial charge in [-0.1, -0.05) is 77.6 Å². The average molecular weight is 319 g/mol. The minimum Gasteiger partial charge on any atom is -0.345 e. The molecular formula is C20H33NO2. The molecule has 3 heteroatoms. The van der Waals surface area contributed by atoms with Gasteiger partial charge in [0, 0.05) is 12.7 Å². The highest BCUT2D eigenvalue weighted by atomic mass is 16.2. The van der Waals surface area contributed by atoms with Crippen molar-refractivity contribution in [2.75, 3.05) is 0 Å². The highest BCUT2D eigenvalue weighted by Gasteiger charge is 2.08. The molecule has 0 N–H and O–H groups in total. The van der Waals surface area contributed by atoms with Crippen LogP contribution in [0, 0.1) is 0 Å². The molecular weight excluding hydrogens is 286 g/mol. The molecule has 0 aliphatic heterocycles. The summed E-state index contributed by atoms with van der Waals surface area (Å²) >= 11 is 0. The second-order valence-corrected chi connectivity index (χ2v) is 6.46. The van der Waals surface area contributed by atoms with Crippen molar-refractivity contribution in [3.8, 4) is 0 Å². The molecule has 1 heterocycles. The van der Waals surface area contributed by atoms with Crippen molar-refractivity contribution in [2.45, 2.75) is 90.5 Å². The number of aromatic nitrogens is 1. The van der Waals surface area contributed by atoms with Crippen LogP contribution in [0.2, 0.25) is 0 Å². The van der Waals surface area contributed by atoms with Crippen LogP contribution in [0.5, 0.6) is 0 Å². The third kappa shape index (κ3) is 8.73. The minimum absolute atomic E-state index is 0.397. The van der Waals surface area contributed by atoms with E-state index in [2.05, 4.69) is 6.92 Å². The van der Waals surface area contributed by atoms with Crippen LogP contribution in [0.3, 0.4) is 0 Å². The summed E-state index contributed by atoms with van der Waals surface area (Å²) in [6.45, 7) is 3.09. The topological polar surface area (TPSA) is 39.1 Å². The summed E-state index contributed by atoms with van der Waals surface area (Å²) in [5.74, 6) is -0.422. The fourth-order valence-electron chi connectivity index (χ4n) is 3.02. The molecule has 0 radical (unpaired) electrons. The molecule has 0 bridgehead atoms. The Balaban J connectivity index is 1.95. The third-order valence-corrected chi connectivity index (χ3v) is 4.44. The van der Waals surface area contributed by atoms with Gasteiger partial charge >= 0.3 is 0 Å².